The average molecular weight is 318 g/mol. The Bertz CT molecular complexity index is 586. The molecule has 0 radical (unpaired) electrons. The maximum Gasteiger partial charge on any atom is 0.329 e. The summed E-state index contributed by atoms with van der Waals surface area (Å²) in [6.07, 6.45) is 0.392. The van der Waals surface area contributed by atoms with Gasteiger partial charge in [-0.05, 0) is 17.9 Å². The van der Waals surface area contributed by atoms with E-state index in [0.29, 0.717) is 13.0 Å². The second-order valence-corrected chi connectivity index (χ2v) is 6.06. The molecule has 0 unspecified atom stereocenters. The van der Waals surface area contributed by atoms with Crippen molar-refractivity contribution in [2.24, 2.45) is 5.92 Å². The van der Waals surface area contributed by atoms with E-state index in [-0.39, 0.29) is 18.4 Å². The Balaban J connectivity index is 2.17. The third-order valence-electron chi connectivity index (χ3n) is 3.77. The fourth-order valence-corrected chi connectivity index (χ4v) is 2.69. The molecule has 1 aromatic carbocycles. The van der Waals surface area contributed by atoms with E-state index in [1.807, 2.05) is 44.2 Å². The Morgan fingerprint density at radius 1 is 1.22 bits per heavy atom. The number of imide groups is 1. The number of hydrogen-bond donors (Lipinski definition) is 0. The summed E-state index contributed by atoms with van der Waals surface area (Å²) in [6.45, 7) is 4.20. The number of amides is 3. The first-order valence-corrected chi connectivity index (χ1v) is 7.66. The van der Waals surface area contributed by atoms with Crippen molar-refractivity contribution in [3.05, 3.63) is 35.9 Å². The first-order chi connectivity index (χ1) is 10.9. The molecule has 23 heavy (non-hydrogen) atoms. The van der Waals surface area contributed by atoms with Crippen LogP contribution in [-0.4, -0.2) is 47.4 Å². The molecular formula is C17H22N2O4. The van der Waals surface area contributed by atoms with Gasteiger partial charge < -0.3 is 9.64 Å². The fourth-order valence-electron chi connectivity index (χ4n) is 2.69. The molecule has 1 aliphatic heterocycles. The predicted octanol–water partition coefficient (Wildman–Crippen LogP) is 2.04. The largest absolute Gasteiger partial charge is 0.467 e. The van der Waals surface area contributed by atoms with Crippen molar-refractivity contribution >= 4 is 17.9 Å². The van der Waals surface area contributed by atoms with Crippen LogP contribution >= 0.6 is 0 Å². The SMILES string of the molecule is COC(=O)[C@H](CC(C)C)N1C(=O)CN(Cc2ccccc2)C1=O. The number of esters is 1. The Morgan fingerprint density at radius 2 is 1.87 bits per heavy atom. The van der Waals surface area contributed by atoms with Gasteiger partial charge in [0.2, 0.25) is 0 Å². The fraction of sp³-hybridized carbons (Fsp3) is 0.471. The number of urea groups is 1. The Hall–Kier alpha value is -2.37. The van der Waals surface area contributed by atoms with Crippen LogP contribution in [0.4, 0.5) is 4.79 Å². The van der Waals surface area contributed by atoms with E-state index in [1.54, 1.807) is 0 Å². The molecule has 0 bridgehead atoms. The summed E-state index contributed by atoms with van der Waals surface area (Å²) in [4.78, 5) is 39.4. The molecular weight excluding hydrogens is 296 g/mol. The molecule has 0 spiro atoms. The molecule has 1 saturated heterocycles. The summed E-state index contributed by atoms with van der Waals surface area (Å²) in [5.41, 5.74) is 0.939. The number of ether oxygens (including phenoxy) is 1. The lowest BCUT2D eigenvalue weighted by Gasteiger charge is -2.25. The van der Waals surface area contributed by atoms with Crippen LogP contribution in [0.1, 0.15) is 25.8 Å². The van der Waals surface area contributed by atoms with Crippen molar-refractivity contribution < 1.29 is 19.1 Å². The summed E-state index contributed by atoms with van der Waals surface area (Å²) >= 11 is 0. The lowest BCUT2D eigenvalue weighted by atomic mass is 10.0. The first kappa shape index (κ1) is 17.0. The normalized spacial score (nSPS) is 16.2. The zero-order valence-electron chi connectivity index (χ0n) is 13.7. The summed E-state index contributed by atoms with van der Waals surface area (Å²) in [5.74, 6) is -0.758. The first-order valence-electron chi connectivity index (χ1n) is 7.66. The van der Waals surface area contributed by atoms with Gasteiger partial charge in [0.1, 0.15) is 12.6 Å². The molecule has 0 aromatic heterocycles. The van der Waals surface area contributed by atoms with Crippen molar-refractivity contribution in [1.29, 1.82) is 0 Å². The standard InChI is InChI=1S/C17H22N2O4/c1-12(2)9-14(16(21)23-3)19-15(20)11-18(17(19)22)10-13-7-5-4-6-8-13/h4-8,12,14H,9-11H2,1-3H3/t14-/m0/s1. The highest BCUT2D eigenvalue weighted by atomic mass is 16.5. The number of carbonyl (C=O) groups is 3. The maximum atomic E-state index is 12.6. The minimum absolute atomic E-state index is 0.0146. The van der Waals surface area contributed by atoms with Crippen LogP contribution in [0.15, 0.2) is 30.3 Å². The van der Waals surface area contributed by atoms with Gasteiger partial charge in [-0.2, -0.15) is 0 Å². The second-order valence-electron chi connectivity index (χ2n) is 6.06. The van der Waals surface area contributed by atoms with E-state index in [4.69, 9.17) is 4.74 Å². The van der Waals surface area contributed by atoms with Crippen LogP contribution in [0.2, 0.25) is 0 Å². The van der Waals surface area contributed by atoms with Crippen LogP contribution in [0.3, 0.4) is 0 Å². The van der Waals surface area contributed by atoms with E-state index in [2.05, 4.69) is 0 Å². The molecule has 1 aromatic rings. The van der Waals surface area contributed by atoms with Crippen LogP contribution in [-0.2, 0) is 20.9 Å². The monoisotopic (exact) mass is 318 g/mol. The van der Waals surface area contributed by atoms with Gasteiger partial charge in [-0.25, -0.2) is 14.5 Å². The van der Waals surface area contributed by atoms with Gasteiger partial charge in [-0.3, -0.25) is 4.79 Å². The highest BCUT2D eigenvalue weighted by molar-refractivity contribution is 6.05. The van der Waals surface area contributed by atoms with Crippen LogP contribution in [0.25, 0.3) is 0 Å². The number of methoxy groups -OCH3 is 1. The van der Waals surface area contributed by atoms with E-state index in [9.17, 15) is 14.4 Å². The highest BCUT2D eigenvalue weighted by Gasteiger charge is 2.43. The molecule has 0 saturated carbocycles. The molecule has 1 fully saturated rings. The summed E-state index contributed by atoms with van der Waals surface area (Å²) in [6, 6.07) is 8.15. The van der Waals surface area contributed by atoms with Crippen LogP contribution in [0.5, 0.6) is 0 Å². The minimum Gasteiger partial charge on any atom is -0.467 e. The third kappa shape index (κ3) is 3.88. The zero-order valence-corrected chi connectivity index (χ0v) is 13.7. The van der Waals surface area contributed by atoms with Gasteiger partial charge in [0.25, 0.3) is 5.91 Å². The molecule has 0 aliphatic carbocycles. The molecule has 0 N–H and O–H groups in total. The van der Waals surface area contributed by atoms with E-state index >= 15 is 0 Å². The molecule has 1 heterocycles. The molecule has 1 atom stereocenters. The van der Waals surface area contributed by atoms with E-state index in [1.165, 1.54) is 12.0 Å². The smallest absolute Gasteiger partial charge is 0.329 e. The van der Waals surface area contributed by atoms with Gasteiger partial charge in [0, 0.05) is 6.54 Å². The minimum atomic E-state index is -0.860. The Morgan fingerprint density at radius 3 is 2.43 bits per heavy atom. The lowest BCUT2D eigenvalue weighted by Crippen LogP contribution is -2.47. The quantitative estimate of drug-likeness (QED) is 0.594. The van der Waals surface area contributed by atoms with Gasteiger partial charge in [0.05, 0.1) is 7.11 Å². The van der Waals surface area contributed by atoms with Crippen LogP contribution < -0.4 is 0 Å². The molecule has 2 rings (SSSR count). The van der Waals surface area contributed by atoms with Gasteiger partial charge in [0.15, 0.2) is 0 Å². The van der Waals surface area contributed by atoms with Gasteiger partial charge in [-0.1, -0.05) is 44.2 Å². The summed E-state index contributed by atoms with van der Waals surface area (Å²) in [7, 11) is 1.27. The highest BCUT2D eigenvalue weighted by Crippen LogP contribution is 2.21. The second kappa shape index (κ2) is 7.26. The number of carbonyl (C=O) groups excluding carboxylic acids is 3. The number of rotatable bonds is 6. The van der Waals surface area contributed by atoms with Crippen LogP contribution in [0, 0.1) is 5.92 Å². The molecule has 6 nitrogen and oxygen atoms in total. The molecule has 3 amide bonds. The van der Waals surface area contributed by atoms with Crippen molar-refractivity contribution in [2.75, 3.05) is 13.7 Å². The van der Waals surface area contributed by atoms with Crippen molar-refractivity contribution in [3.63, 3.8) is 0 Å². The topological polar surface area (TPSA) is 66.9 Å². The Kier molecular flexibility index (Phi) is 5.36. The van der Waals surface area contributed by atoms with Crippen molar-refractivity contribution in [2.45, 2.75) is 32.9 Å². The number of nitrogens with zero attached hydrogens (tertiary/aromatic N) is 2. The van der Waals surface area contributed by atoms with Gasteiger partial charge in [-0.15, -0.1) is 0 Å². The van der Waals surface area contributed by atoms with Gasteiger partial charge >= 0.3 is 12.0 Å². The number of hydrogen-bond acceptors (Lipinski definition) is 4. The molecule has 124 valence electrons. The summed E-state index contributed by atoms with van der Waals surface area (Å²) < 4.78 is 4.77. The maximum absolute atomic E-state index is 12.6. The third-order valence-corrected chi connectivity index (χ3v) is 3.77. The molecule has 6 heteroatoms. The van der Waals surface area contributed by atoms with E-state index in [0.717, 1.165) is 10.5 Å². The summed E-state index contributed by atoms with van der Waals surface area (Å²) in [5, 5.41) is 0. The lowest BCUT2D eigenvalue weighted by molar-refractivity contribution is -0.149. The average Bonchev–Trinajstić information content (AvgIpc) is 2.79. The zero-order chi connectivity index (χ0) is 17.0. The number of benzene rings is 1. The van der Waals surface area contributed by atoms with E-state index < -0.39 is 18.0 Å². The Labute approximate surface area is 136 Å². The van der Waals surface area contributed by atoms with Crippen molar-refractivity contribution in [3.8, 4) is 0 Å². The van der Waals surface area contributed by atoms with Crippen molar-refractivity contribution in [1.82, 2.24) is 9.80 Å². The molecule has 1 aliphatic rings. The predicted molar refractivity (Wildman–Crippen MR) is 84.4 cm³/mol.